The fourth-order valence-electron chi connectivity index (χ4n) is 2.06. The van der Waals surface area contributed by atoms with Crippen LogP contribution in [0.5, 0.6) is 5.75 Å². The molecule has 2 aromatic rings. The summed E-state index contributed by atoms with van der Waals surface area (Å²) in [6.07, 6.45) is -0.937. The van der Waals surface area contributed by atoms with Crippen LogP contribution in [0.25, 0.3) is 0 Å². The number of benzene rings is 2. The average molecular weight is 356 g/mol. The van der Waals surface area contributed by atoms with E-state index >= 15 is 0 Å². The van der Waals surface area contributed by atoms with Gasteiger partial charge in [-0.25, -0.2) is 8.42 Å². The van der Waals surface area contributed by atoms with Crippen LogP contribution in [-0.4, -0.2) is 38.5 Å². The van der Waals surface area contributed by atoms with Crippen molar-refractivity contribution in [1.82, 2.24) is 4.31 Å². The number of hydrogen-bond donors (Lipinski definition) is 1. The van der Waals surface area contributed by atoms with Gasteiger partial charge in [0.2, 0.25) is 10.0 Å². The van der Waals surface area contributed by atoms with Crippen molar-refractivity contribution in [2.75, 3.05) is 20.7 Å². The van der Waals surface area contributed by atoms with Gasteiger partial charge >= 0.3 is 0 Å². The lowest BCUT2D eigenvalue weighted by atomic mass is 10.1. The van der Waals surface area contributed by atoms with Crippen molar-refractivity contribution in [2.24, 2.45) is 0 Å². The molecule has 2 rings (SSSR count). The highest BCUT2D eigenvalue weighted by molar-refractivity contribution is 7.89. The van der Waals surface area contributed by atoms with Gasteiger partial charge in [-0.3, -0.25) is 0 Å². The summed E-state index contributed by atoms with van der Waals surface area (Å²) in [5.74, 6) is 0.670. The molecule has 0 amide bonds. The van der Waals surface area contributed by atoms with E-state index in [9.17, 15) is 13.5 Å². The van der Waals surface area contributed by atoms with Gasteiger partial charge in [-0.05, 0) is 42.0 Å². The number of likely N-dealkylation sites (N-methyl/N-ethyl adjacent to an activating group) is 1. The lowest BCUT2D eigenvalue weighted by molar-refractivity contribution is 0.155. The number of hydrogen-bond acceptors (Lipinski definition) is 4. The molecule has 0 saturated heterocycles. The number of aliphatic hydroxyl groups is 1. The maximum Gasteiger partial charge on any atom is 0.242 e. The van der Waals surface area contributed by atoms with Crippen LogP contribution in [-0.2, 0) is 10.0 Å². The summed E-state index contributed by atoms with van der Waals surface area (Å²) in [7, 11) is -0.701. The number of rotatable bonds is 6. The lowest BCUT2D eigenvalue weighted by Crippen LogP contribution is -2.31. The van der Waals surface area contributed by atoms with Crippen molar-refractivity contribution in [3.8, 4) is 5.75 Å². The van der Waals surface area contributed by atoms with Crippen LogP contribution in [0.3, 0.4) is 0 Å². The fraction of sp³-hybridized carbons (Fsp3) is 0.250. The van der Waals surface area contributed by atoms with Gasteiger partial charge in [-0.2, -0.15) is 4.31 Å². The zero-order valence-corrected chi connectivity index (χ0v) is 14.4. The molecule has 0 bridgehead atoms. The van der Waals surface area contributed by atoms with Crippen molar-refractivity contribution in [1.29, 1.82) is 0 Å². The van der Waals surface area contributed by atoms with Gasteiger partial charge in [0.05, 0.1) is 18.1 Å². The predicted octanol–water partition coefficient (Wildman–Crippen LogP) is 2.70. The predicted molar refractivity (Wildman–Crippen MR) is 89.2 cm³/mol. The Balaban J connectivity index is 2.13. The van der Waals surface area contributed by atoms with E-state index < -0.39 is 16.1 Å². The molecule has 1 unspecified atom stereocenters. The summed E-state index contributed by atoms with van der Waals surface area (Å²) in [6.45, 7) is -0.0582. The minimum atomic E-state index is -3.68. The van der Waals surface area contributed by atoms with Crippen LogP contribution in [0.4, 0.5) is 0 Å². The average Bonchev–Trinajstić information content (AvgIpc) is 2.55. The van der Waals surface area contributed by atoms with Crippen molar-refractivity contribution in [2.45, 2.75) is 11.0 Å². The molecule has 0 aliphatic heterocycles. The minimum Gasteiger partial charge on any atom is -0.497 e. The minimum absolute atomic E-state index is 0.0582. The summed E-state index contributed by atoms with van der Waals surface area (Å²) >= 11 is 5.77. The van der Waals surface area contributed by atoms with Gasteiger partial charge in [-0.1, -0.05) is 23.7 Å². The molecule has 2 aromatic carbocycles. The monoisotopic (exact) mass is 355 g/mol. The Hall–Kier alpha value is -1.60. The summed E-state index contributed by atoms with van der Waals surface area (Å²) in [4.78, 5) is 0.131. The number of methoxy groups -OCH3 is 1. The van der Waals surface area contributed by atoms with E-state index in [1.165, 1.54) is 31.3 Å². The van der Waals surface area contributed by atoms with Crippen LogP contribution in [0.15, 0.2) is 53.4 Å². The first kappa shape index (κ1) is 17.7. The van der Waals surface area contributed by atoms with Crippen LogP contribution < -0.4 is 4.74 Å². The zero-order valence-electron chi connectivity index (χ0n) is 12.8. The third-order valence-corrected chi connectivity index (χ3v) is 5.54. The molecule has 5 nitrogen and oxygen atoms in total. The highest BCUT2D eigenvalue weighted by Crippen LogP contribution is 2.22. The molecule has 0 aliphatic carbocycles. The second-order valence-corrected chi connectivity index (χ2v) is 7.51. The van der Waals surface area contributed by atoms with Gasteiger partial charge in [0.25, 0.3) is 0 Å². The van der Waals surface area contributed by atoms with E-state index in [0.29, 0.717) is 16.3 Å². The molecule has 7 heteroatoms. The molecule has 23 heavy (non-hydrogen) atoms. The molecule has 0 heterocycles. The number of halogens is 1. The number of nitrogens with zero attached hydrogens (tertiary/aromatic N) is 1. The van der Waals surface area contributed by atoms with Crippen LogP contribution in [0.2, 0.25) is 5.02 Å². The number of aliphatic hydroxyl groups excluding tert-OH is 1. The molecular formula is C16H18ClNO4S. The summed E-state index contributed by atoms with van der Waals surface area (Å²) in [6, 6.07) is 12.7. The molecule has 0 saturated carbocycles. The quantitative estimate of drug-likeness (QED) is 0.865. The van der Waals surface area contributed by atoms with E-state index in [1.54, 1.807) is 31.4 Å². The Morgan fingerprint density at radius 3 is 2.22 bits per heavy atom. The van der Waals surface area contributed by atoms with Gasteiger partial charge in [-0.15, -0.1) is 0 Å². The molecule has 0 aromatic heterocycles. The summed E-state index contributed by atoms with van der Waals surface area (Å²) in [5, 5.41) is 10.7. The second kappa shape index (κ2) is 7.31. The maximum atomic E-state index is 12.5. The van der Waals surface area contributed by atoms with E-state index in [-0.39, 0.29) is 11.4 Å². The molecule has 124 valence electrons. The molecular weight excluding hydrogens is 338 g/mol. The van der Waals surface area contributed by atoms with Crippen molar-refractivity contribution < 1.29 is 18.3 Å². The van der Waals surface area contributed by atoms with Gasteiger partial charge in [0, 0.05) is 18.6 Å². The summed E-state index contributed by atoms with van der Waals surface area (Å²) in [5.41, 5.74) is 0.615. The maximum absolute atomic E-state index is 12.5. The normalized spacial score (nSPS) is 13.1. The Kier molecular flexibility index (Phi) is 5.64. The highest BCUT2D eigenvalue weighted by Gasteiger charge is 2.23. The van der Waals surface area contributed by atoms with E-state index in [4.69, 9.17) is 16.3 Å². The van der Waals surface area contributed by atoms with E-state index in [2.05, 4.69) is 0 Å². The molecule has 1 N–H and O–H groups in total. The van der Waals surface area contributed by atoms with Crippen molar-refractivity contribution in [3.63, 3.8) is 0 Å². The standard InChI is InChI=1S/C16H18ClNO4S/c1-18(23(20,21)15-9-5-13(17)6-10-15)11-16(19)12-3-7-14(22-2)8-4-12/h3-10,16,19H,11H2,1-2H3. The topological polar surface area (TPSA) is 66.8 Å². The van der Waals surface area contributed by atoms with Crippen LogP contribution in [0.1, 0.15) is 11.7 Å². The van der Waals surface area contributed by atoms with E-state index in [1.807, 2.05) is 0 Å². The largest absolute Gasteiger partial charge is 0.497 e. The van der Waals surface area contributed by atoms with E-state index in [0.717, 1.165) is 4.31 Å². The fourth-order valence-corrected chi connectivity index (χ4v) is 3.36. The Morgan fingerprint density at radius 2 is 1.70 bits per heavy atom. The number of ether oxygens (including phenoxy) is 1. The molecule has 0 spiro atoms. The van der Waals surface area contributed by atoms with Crippen molar-refractivity contribution in [3.05, 3.63) is 59.1 Å². The highest BCUT2D eigenvalue weighted by atomic mass is 35.5. The van der Waals surface area contributed by atoms with Crippen molar-refractivity contribution >= 4 is 21.6 Å². The zero-order chi connectivity index (χ0) is 17.0. The molecule has 0 fully saturated rings. The molecule has 0 aliphatic rings. The Morgan fingerprint density at radius 1 is 1.13 bits per heavy atom. The smallest absolute Gasteiger partial charge is 0.242 e. The first-order valence-electron chi connectivity index (χ1n) is 6.88. The number of sulfonamides is 1. The SMILES string of the molecule is COc1ccc(C(O)CN(C)S(=O)(=O)c2ccc(Cl)cc2)cc1. The first-order valence-corrected chi connectivity index (χ1v) is 8.70. The first-order chi connectivity index (χ1) is 10.8. The van der Waals surface area contributed by atoms with Gasteiger partial charge in [0.15, 0.2) is 0 Å². The summed E-state index contributed by atoms with van der Waals surface area (Å²) < 4.78 is 31.1. The molecule has 0 radical (unpaired) electrons. The third-order valence-electron chi connectivity index (χ3n) is 3.45. The molecule has 1 atom stereocenters. The second-order valence-electron chi connectivity index (χ2n) is 5.03. The third kappa shape index (κ3) is 4.23. The van der Waals surface area contributed by atoms with Crippen LogP contribution in [0, 0.1) is 0 Å². The van der Waals surface area contributed by atoms with Gasteiger partial charge in [0.1, 0.15) is 5.75 Å². The lowest BCUT2D eigenvalue weighted by Gasteiger charge is -2.21. The Bertz CT molecular complexity index is 745. The van der Waals surface area contributed by atoms with Crippen LogP contribution >= 0.6 is 11.6 Å². The Labute approximate surface area is 141 Å². The van der Waals surface area contributed by atoms with Gasteiger partial charge < -0.3 is 9.84 Å².